The first-order valence-electron chi connectivity index (χ1n) is 8.06. The summed E-state index contributed by atoms with van der Waals surface area (Å²) >= 11 is 0. The zero-order valence-corrected chi connectivity index (χ0v) is 14.0. The van der Waals surface area contributed by atoms with Gasteiger partial charge in [0, 0.05) is 24.8 Å². The number of hydrogen-bond acceptors (Lipinski definition) is 7. The van der Waals surface area contributed by atoms with Gasteiger partial charge in [0.1, 0.15) is 12.4 Å². The van der Waals surface area contributed by atoms with Crippen molar-refractivity contribution >= 4 is 11.9 Å². The lowest BCUT2D eigenvalue weighted by molar-refractivity contribution is -0.238. The van der Waals surface area contributed by atoms with Crippen LogP contribution in [0.4, 0.5) is 0 Å². The molecule has 7 nitrogen and oxygen atoms in total. The van der Waals surface area contributed by atoms with Crippen molar-refractivity contribution in [2.75, 3.05) is 6.61 Å². The van der Waals surface area contributed by atoms with Crippen molar-refractivity contribution in [3.05, 3.63) is 23.0 Å². The molecule has 0 aromatic heterocycles. The van der Waals surface area contributed by atoms with E-state index in [4.69, 9.17) is 14.2 Å². The Morgan fingerprint density at radius 1 is 1.46 bits per heavy atom. The highest BCUT2D eigenvalue weighted by atomic mass is 16.6. The van der Waals surface area contributed by atoms with Crippen LogP contribution in [-0.4, -0.2) is 46.3 Å². The fourth-order valence-corrected chi connectivity index (χ4v) is 3.55. The molecule has 0 aromatic rings. The molecule has 2 unspecified atom stereocenters. The maximum Gasteiger partial charge on any atom is 0.343 e. The Labute approximate surface area is 139 Å². The third kappa shape index (κ3) is 2.87. The molecule has 2 bridgehead atoms. The van der Waals surface area contributed by atoms with Gasteiger partial charge in [0.25, 0.3) is 0 Å². The summed E-state index contributed by atoms with van der Waals surface area (Å²) in [5, 5.41) is 21.3. The molecule has 7 heteroatoms. The Bertz CT molecular complexity index is 649. The molecule has 1 saturated heterocycles. The Balaban J connectivity index is 2.05. The third-order valence-corrected chi connectivity index (χ3v) is 4.97. The van der Waals surface area contributed by atoms with E-state index in [0.717, 1.165) is 0 Å². The van der Waals surface area contributed by atoms with Gasteiger partial charge in [-0.3, -0.25) is 4.79 Å². The molecule has 0 spiro atoms. The van der Waals surface area contributed by atoms with E-state index >= 15 is 0 Å². The summed E-state index contributed by atoms with van der Waals surface area (Å²) in [6, 6.07) is 0. The van der Waals surface area contributed by atoms with Crippen molar-refractivity contribution in [1.29, 1.82) is 0 Å². The number of fused-ring (bicyclic) bond motifs is 3. The standard InChI is InChI=1S/C17H22O7/c1-9-6-12(19)14-11(8-22-10(2)18)15(20)23-13(14)7-16(3)4-5-17(9,21)24-16/h7,9,12,19,21H,4-6,8H2,1-3H3/b13-7+/t9-,12+,16?,17?/m1/s1. The number of aliphatic hydroxyl groups is 2. The second-order valence-corrected chi connectivity index (χ2v) is 6.98. The van der Waals surface area contributed by atoms with Crippen LogP contribution in [0.15, 0.2) is 23.0 Å². The van der Waals surface area contributed by atoms with Crippen molar-refractivity contribution in [2.45, 2.75) is 57.5 Å². The highest BCUT2D eigenvalue weighted by Gasteiger charge is 2.51. The van der Waals surface area contributed by atoms with Crippen molar-refractivity contribution in [3.63, 3.8) is 0 Å². The molecule has 3 heterocycles. The second kappa shape index (κ2) is 5.68. The second-order valence-electron chi connectivity index (χ2n) is 6.98. The Hall–Kier alpha value is -1.70. The summed E-state index contributed by atoms with van der Waals surface area (Å²) < 4.78 is 16.1. The number of aliphatic hydroxyl groups excluding tert-OH is 1. The van der Waals surface area contributed by atoms with Crippen molar-refractivity contribution < 1.29 is 34.0 Å². The lowest BCUT2D eigenvalue weighted by Gasteiger charge is -2.32. The van der Waals surface area contributed by atoms with E-state index in [1.165, 1.54) is 6.92 Å². The van der Waals surface area contributed by atoms with E-state index in [9.17, 15) is 19.8 Å². The van der Waals surface area contributed by atoms with Crippen molar-refractivity contribution in [3.8, 4) is 0 Å². The molecule has 3 rings (SSSR count). The van der Waals surface area contributed by atoms with Gasteiger partial charge in [-0.05, 0) is 25.8 Å². The smallest absolute Gasteiger partial charge is 0.343 e. The summed E-state index contributed by atoms with van der Waals surface area (Å²) in [5.74, 6) is -2.62. The zero-order chi connectivity index (χ0) is 17.7. The van der Waals surface area contributed by atoms with Crippen LogP contribution in [0, 0.1) is 5.92 Å². The lowest BCUT2D eigenvalue weighted by atomic mass is 9.86. The highest BCUT2D eigenvalue weighted by molar-refractivity contribution is 5.95. The Kier molecular flexibility index (Phi) is 4.06. The molecule has 24 heavy (non-hydrogen) atoms. The Morgan fingerprint density at radius 3 is 2.83 bits per heavy atom. The monoisotopic (exact) mass is 338 g/mol. The number of esters is 2. The van der Waals surface area contributed by atoms with Crippen molar-refractivity contribution in [2.24, 2.45) is 5.92 Å². The van der Waals surface area contributed by atoms with Gasteiger partial charge in [-0.15, -0.1) is 0 Å². The molecule has 0 amide bonds. The largest absolute Gasteiger partial charge is 0.461 e. The van der Waals surface area contributed by atoms with Crippen LogP contribution >= 0.6 is 0 Å². The molecule has 0 radical (unpaired) electrons. The average Bonchev–Trinajstić information content (AvgIpc) is 2.94. The molecule has 2 N–H and O–H groups in total. The fourth-order valence-electron chi connectivity index (χ4n) is 3.55. The van der Waals surface area contributed by atoms with Gasteiger partial charge in [-0.25, -0.2) is 4.79 Å². The van der Waals surface area contributed by atoms with Gasteiger partial charge in [-0.2, -0.15) is 0 Å². The highest BCUT2D eigenvalue weighted by Crippen LogP contribution is 2.47. The van der Waals surface area contributed by atoms with Gasteiger partial charge < -0.3 is 24.4 Å². The first-order chi connectivity index (χ1) is 11.1. The number of hydrogen-bond donors (Lipinski definition) is 2. The van der Waals surface area contributed by atoms with Gasteiger partial charge in [0.15, 0.2) is 5.79 Å². The lowest BCUT2D eigenvalue weighted by Crippen LogP contribution is -2.39. The minimum Gasteiger partial charge on any atom is -0.461 e. The molecule has 4 atom stereocenters. The number of ether oxygens (including phenoxy) is 3. The number of carbonyl (C=O) groups is 2. The van der Waals surface area contributed by atoms with Crippen LogP contribution in [0.25, 0.3) is 0 Å². The molecule has 0 saturated carbocycles. The summed E-state index contributed by atoms with van der Waals surface area (Å²) in [4.78, 5) is 23.2. The predicted molar refractivity (Wildman–Crippen MR) is 81.3 cm³/mol. The first kappa shape index (κ1) is 17.1. The quantitative estimate of drug-likeness (QED) is 0.723. The molecule has 0 aliphatic carbocycles. The molecule has 3 aliphatic heterocycles. The maximum absolute atomic E-state index is 12.1. The van der Waals surface area contributed by atoms with Crippen LogP contribution in [0.2, 0.25) is 0 Å². The molecular weight excluding hydrogens is 316 g/mol. The minimum absolute atomic E-state index is 0.129. The third-order valence-electron chi connectivity index (χ3n) is 4.97. The van der Waals surface area contributed by atoms with Crippen LogP contribution in [0.1, 0.15) is 40.0 Å². The van der Waals surface area contributed by atoms with E-state index in [-0.39, 0.29) is 30.3 Å². The first-order valence-corrected chi connectivity index (χ1v) is 8.06. The summed E-state index contributed by atoms with van der Waals surface area (Å²) in [5.41, 5.74) is -0.358. The fraction of sp³-hybridized carbons (Fsp3) is 0.647. The molecule has 0 aromatic carbocycles. The van der Waals surface area contributed by atoms with E-state index in [2.05, 4.69) is 0 Å². The minimum atomic E-state index is -1.33. The molecule has 3 aliphatic rings. The van der Waals surface area contributed by atoms with E-state index in [0.29, 0.717) is 18.4 Å². The number of carbonyl (C=O) groups excluding carboxylic acids is 2. The topological polar surface area (TPSA) is 102 Å². The maximum atomic E-state index is 12.1. The average molecular weight is 338 g/mol. The van der Waals surface area contributed by atoms with Gasteiger partial charge in [0.05, 0.1) is 17.3 Å². The normalized spacial score (nSPS) is 40.9. The molecule has 132 valence electrons. The van der Waals surface area contributed by atoms with Gasteiger partial charge in [0.2, 0.25) is 0 Å². The Morgan fingerprint density at radius 2 is 2.17 bits per heavy atom. The van der Waals surface area contributed by atoms with E-state index in [1.807, 2.05) is 0 Å². The van der Waals surface area contributed by atoms with Gasteiger partial charge in [-0.1, -0.05) is 6.92 Å². The van der Waals surface area contributed by atoms with E-state index < -0.39 is 29.4 Å². The summed E-state index contributed by atoms with van der Waals surface area (Å²) in [6.07, 6.45) is 1.80. The van der Waals surface area contributed by atoms with Crippen molar-refractivity contribution in [1.82, 2.24) is 0 Å². The summed E-state index contributed by atoms with van der Waals surface area (Å²) in [6.45, 7) is 4.59. The number of rotatable bonds is 2. The van der Waals surface area contributed by atoms with Crippen LogP contribution in [-0.2, 0) is 23.8 Å². The van der Waals surface area contributed by atoms with Crippen LogP contribution in [0.5, 0.6) is 0 Å². The summed E-state index contributed by atoms with van der Waals surface area (Å²) in [7, 11) is 0. The predicted octanol–water partition coefficient (Wildman–Crippen LogP) is 0.945. The van der Waals surface area contributed by atoms with Crippen LogP contribution < -0.4 is 0 Å². The SMILES string of the molecule is CC(=O)OCC1=C2/C(=C\C3(C)CCC(O)(O3)[C@H](C)C[C@@H]2O)OC1=O. The zero-order valence-electron chi connectivity index (χ0n) is 14.0. The van der Waals surface area contributed by atoms with Gasteiger partial charge >= 0.3 is 11.9 Å². The van der Waals surface area contributed by atoms with E-state index in [1.54, 1.807) is 19.9 Å². The molecular formula is C17H22O7. The molecule has 1 fully saturated rings. The van der Waals surface area contributed by atoms with Crippen LogP contribution in [0.3, 0.4) is 0 Å².